The van der Waals surface area contributed by atoms with Crippen LogP contribution in [0, 0.1) is 6.92 Å². The van der Waals surface area contributed by atoms with E-state index in [4.69, 9.17) is 4.74 Å². The van der Waals surface area contributed by atoms with Gasteiger partial charge in [0.15, 0.2) is 0 Å². The lowest BCUT2D eigenvalue weighted by atomic mass is 10.0. The van der Waals surface area contributed by atoms with Crippen molar-refractivity contribution in [2.75, 3.05) is 31.3 Å². The van der Waals surface area contributed by atoms with Gasteiger partial charge in [-0.3, -0.25) is 13.9 Å². The van der Waals surface area contributed by atoms with Gasteiger partial charge < -0.3 is 15.0 Å². The molecule has 208 valence electrons. The molecule has 2 amide bonds. The summed E-state index contributed by atoms with van der Waals surface area (Å²) >= 11 is 0. The molecule has 1 N–H and O–H groups in total. The molecule has 0 spiro atoms. The van der Waals surface area contributed by atoms with Crippen LogP contribution in [0.3, 0.4) is 0 Å². The number of nitrogens with zero attached hydrogens (tertiary/aromatic N) is 2. The lowest BCUT2D eigenvalue weighted by Gasteiger charge is -2.32. The molecule has 0 aliphatic carbocycles. The first-order valence-corrected chi connectivity index (χ1v) is 14.7. The van der Waals surface area contributed by atoms with Crippen molar-refractivity contribution >= 4 is 27.5 Å². The molecule has 8 nitrogen and oxygen atoms in total. The number of rotatable bonds is 13. The van der Waals surface area contributed by atoms with E-state index >= 15 is 0 Å². The Labute approximate surface area is 231 Å². The highest BCUT2D eigenvalue weighted by Crippen LogP contribution is 2.30. The average Bonchev–Trinajstić information content (AvgIpc) is 2.93. The minimum Gasteiger partial charge on any atom is -0.495 e. The predicted molar refractivity (Wildman–Crippen MR) is 154 cm³/mol. The molecule has 0 aliphatic rings. The summed E-state index contributed by atoms with van der Waals surface area (Å²) < 4.78 is 31.9. The molecular weight excluding hydrogens is 514 g/mol. The quantitative estimate of drug-likeness (QED) is 0.347. The standard InChI is InChI=1S/C30H37N3O5S/c1-23-13-8-9-16-25(23)22-32(27(30(35)31-2)21-24-14-6-5-7-15-24)29(34)19-12-20-33(39(4,36)37)26-17-10-11-18-28(26)38-3/h5-11,13-18,27H,12,19-22H2,1-4H3,(H,31,35)/t27-/m0/s1. The van der Waals surface area contributed by atoms with Crippen molar-refractivity contribution in [3.05, 3.63) is 95.6 Å². The van der Waals surface area contributed by atoms with E-state index in [-0.39, 0.29) is 37.7 Å². The first-order valence-electron chi connectivity index (χ1n) is 12.9. The zero-order valence-electron chi connectivity index (χ0n) is 23.0. The minimum atomic E-state index is -3.63. The molecule has 39 heavy (non-hydrogen) atoms. The van der Waals surface area contributed by atoms with Crippen LogP contribution in [0.25, 0.3) is 0 Å². The lowest BCUT2D eigenvalue weighted by molar-refractivity contribution is -0.141. The molecule has 1 atom stereocenters. The molecule has 3 aromatic rings. The molecule has 0 saturated carbocycles. The largest absolute Gasteiger partial charge is 0.495 e. The fourth-order valence-corrected chi connectivity index (χ4v) is 5.48. The van der Waals surface area contributed by atoms with Gasteiger partial charge in [-0.1, -0.05) is 66.7 Å². The fourth-order valence-electron chi connectivity index (χ4n) is 4.51. The summed E-state index contributed by atoms with van der Waals surface area (Å²) in [7, 11) is -0.585. The topological polar surface area (TPSA) is 96.0 Å². The number of carbonyl (C=O) groups excluding carboxylic acids is 2. The molecule has 0 unspecified atom stereocenters. The molecular formula is C30H37N3O5S. The van der Waals surface area contributed by atoms with E-state index in [1.165, 1.54) is 11.4 Å². The van der Waals surface area contributed by atoms with E-state index in [1.54, 1.807) is 36.2 Å². The number of benzene rings is 3. The van der Waals surface area contributed by atoms with Crippen LogP contribution in [0.4, 0.5) is 5.69 Å². The third-order valence-electron chi connectivity index (χ3n) is 6.63. The second-order valence-electron chi connectivity index (χ2n) is 9.38. The number of nitrogens with one attached hydrogen (secondary N) is 1. The highest BCUT2D eigenvalue weighted by Gasteiger charge is 2.30. The Balaban J connectivity index is 1.87. The third-order valence-corrected chi connectivity index (χ3v) is 7.81. The molecule has 0 fully saturated rings. The van der Waals surface area contributed by atoms with Crippen molar-refractivity contribution < 1.29 is 22.7 Å². The average molecular weight is 552 g/mol. The second-order valence-corrected chi connectivity index (χ2v) is 11.3. The summed E-state index contributed by atoms with van der Waals surface area (Å²) in [6.07, 6.45) is 1.82. The summed E-state index contributed by atoms with van der Waals surface area (Å²) in [6, 6.07) is 23.5. The zero-order chi connectivity index (χ0) is 28.4. The van der Waals surface area contributed by atoms with Crippen LogP contribution >= 0.6 is 0 Å². The number of methoxy groups -OCH3 is 1. The van der Waals surface area contributed by atoms with Crippen molar-refractivity contribution in [2.45, 2.75) is 38.8 Å². The summed E-state index contributed by atoms with van der Waals surface area (Å²) in [4.78, 5) is 28.5. The van der Waals surface area contributed by atoms with Crippen LogP contribution < -0.4 is 14.4 Å². The second kappa shape index (κ2) is 13.8. The number of aryl methyl sites for hydroxylation is 1. The van der Waals surface area contributed by atoms with E-state index in [1.807, 2.05) is 61.5 Å². The highest BCUT2D eigenvalue weighted by atomic mass is 32.2. The van der Waals surface area contributed by atoms with Crippen LogP contribution in [-0.4, -0.2) is 58.1 Å². The van der Waals surface area contributed by atoms with Crippen LogP contribution in [0.5, 0.6) is 5.75 Å². The SMILES string of the molecule is CNC(=O)[C@H](Cc1ccccc1)N(Cc1ccccc1C)C(=O)CCCN(c1ccccc1OC)S(C)(=O)=O. The van der Waals surface area contributed by atoms with Gasteiger partial charge in [-0.2, -0.15) is 0 Å². The van der Waals surface area contributed by atoms with E-state index in [9.17, 15) is 18.0 Å². The molecule has 0 radical (unpaired) electrons. The van der Waals surface area contributed by atoms with Crippen molar-refractivity contribution in [1.29, 1.82) is 0 Å². The maximum absolute atomic E-state index is 13.8. The van der Waals surface area contributed by atoms with E-state index in [0.29, 0.717) is 17.9 Å². The van der Waals surface area contributed by atoms with Crippen molar-refractivity contribution in [3.63, 3.8) is 0 Å². The predicted octanol–water partition coefficient (Wildman–Crippen LogP) is 3.94. The normalized spacial score (nSPS) is 11.9. The summed E-state index contributed by atoms with van der Waals surface area (Å²) in [5, 5.41) is 2.72. The van der Waals surface area contributed by atoms with Crippen LogP contribution in [0.2, 0.25) is 0 Å². The summed E-state index contributed by atoms with van der Waals surface area (Å²) in [5.74, 6) is -0.0539. The highest BCUT2D eigenvalue weighted by molar-refractivity contribution is 7.92. The van der Waals surface area contributed by atoms with Gasteiger partial charge in [-0.15, -0.1) is 0 Å². The smallest absolute Gasteiger partial charge is 0.242 e. The molecule has 0 bridgehead atoms. The van der Waals surface area contributed by atoms with E-state index in [2.05, 4.69) is 5.32 Å². The molecule has 0 aromatic heterocycles. The first kappa shape index (κ1) is 29.7. The number of likely N-dealkylation sites (N-methyl/N-ethyl adjacent to an activating group) is 1. The number of sulfonamides is 1. The Hall–Kier alpha value is -3.85. The van der Waals surface area contributed by atoms with Crippen LogP contribution in [0.1, 0.15) is 29.5 Å². The number of hydrogen-bond acceptors (Lipinski definition) is 5. The molecule has 0 heterocycles. The summed E-state index contributed by atoms with van der Waals surface area (Å²) in [5.41, 5.74) is 3.32. The van der Waals surface area contributed by atoms with Crippen molar-refractivity contribution in [2.24, 2.45) is 0 Å². The summed E-state index contributed by atoms with van der Waals surface area (Å²) in [6.45, 7) is 2.33. The maximum Gasteiger partial charge on any atom is 0.242 e. The number of para-hydroxylation sites is 2. The Morgan fingerprint density at radius 1 is 0.949 bits per heavy atom. The van der Waals surface area contributed by atoms with Crippen LogP contribution in [-0.2, 0) is 32.6 Å². The third kappa shape index (κ3) is 8.07. The molecule has 9 heteroatoms. The van der Waals surface area contributed by atoms with Gasteiger partial charge in [0, 0.05) is 33.0 Å². The Morgan fingerprint density at radius 3 is 2.23 bits per heavy atom. The Morgan fingerprint density at radius 2 is 1.59 bits per heavy atom. The first-order chi connectivity index (χ1) is 18.7. The lowest BCUT2D eigenvalue weighted by Crippen LogP contribution is -2.50. The zero-order valence-corrected chi connectivity index (χ0v) is 23.8. The molecule has 3 aromatic carbocycles. The van der Waals surface area contributed by atoms with E-state index < -0.39 is 16.1 Å². The van der Waals surface area contributed by atoms with Gasteiger partial charge in [0.2, 0.25) is 21.8 Å². The van der Waals surface area contributed by atoms with E-state index in [0.717, 1.165) is 22.9 Å². The number of hydrogen-bond donors (Lipinski definition) is 1. The van der Waals surface area contributed by atoms with Gasteiger partial charge in [-0.05, 0) is 42.2 Å². The van der Waals surface area contributed by atoms with Gasteiger partial charge in [0.1, 0.15) is 11.8 Å². The van der Waals surface area contributed by atoms with Crippen molar-refractivity contribution in [3.8, 4) is 5.75 Å². The number of ether oxygens (including phenoxy) is 1. The number of amides is 2. The number of carbonyl (C=O) groups is 2. The Kier molecular flexibility index (Phi) is 10.5. The van der Waals surface area contributed by atoms with Gasteiger partial charge in [0.05, 0.1) is 19.1 Å². The minimum absolute atomic E-state index is 0.0648. The maximum atomic E-state index is 13.8. The fraction of sp³-hybridized carbons (Fsp3) is 0.333. The molecule has 3 rings (SSSR count). The van der Waals surface area contributed by atoms with Gasteiger partial charge >= 0.3 is 0 Å². The van der Waals surface area contributed by atoms with Crippen LogP contribution in [0.15, 0.2) is 78.9 Å². The van der Waals surface area contributed by atoms with Gasteiger partial charge in [0.25, 0.3) is 0 Å². The molecule has 0 aliphatic heterocycles. The van der Waals surface area contributed by atoms with Crippen molar-refractivity contribution in [1.82, 2.24) is 10.2 Å². The number of anilines is 1. The molecule has 0 saturated heterocycles. The monoisotopic (exact) mass is 551 g/mol. The van der Waals surface area contributed by atoms with Gasteiger partial charge in [-0.25, -0.2) is 8.42 Å². The Bertz CT molecular complexity index is 1360.